The monoisotopic (exact) mass is 731 g/mol. The highest BCUT2D eigenvalue weighted by molar-refractivity contribution is 6.06. The molecule has 0 aromatic carbocycles. The Morgan fingerprint density at radius 2 is 1.60 bits per heavy atom. The SMILES string of the molecule is CCCC[C@H](C)C[C@H](C)C(=O)N(C)[C@@H](CC(C)C)C(=O)N[C@H](C(=O)N(C)[C@H](C(=O)N1CCC[C@H]1C(=O)N1C(=O)C=C[C@@H]1C)C(C)C)C(C)OC(C)=O. The molecule has 1 saturated heterocycles. The smallest absolute Gasteiger partial charge is 0.302 e. The van der Waals surface area contributed by atoms with Gasteiger partial charge in [0.1, 0.15) is 30.3 Å². The van der Waals surface area contributed by atoms with E-state index >= 15 is 0 Å². The molecule has 6 amide bonds. The molecule has 1 N–H and O–H groups in total. The van der Waals surface area contributed by atoms with Crippen molar-refractivity contribution >= 4 is 41.4 Å². The largest absolute Gasteiger partial charge is 0.460 e. The van der Waals surface area contributed by atoms with Crippen molar-refractivity contribution in [1.29, 1.82) is 0 Å². The van der Waals surface area contributed by atoms with Crippen molar-refractivity contribution in [3.8, 4) is 0 Å². The molecule has 0 saturated carbocycles. The van der Waals surface area contributed by atoms with Crippen LogP contribution in [0.5, 0.6) is 0 Å². The van der Waals surface area contributed by atoms with Crippen LogP contribution in [0.15, 0.2) is 12.2 Å². The Morgan fingerprint density at radius 1 is 0.962 bits per heavy atom. The van der Waals surface area contributed by atoms with Crippen molar-refractivity contribution in [3.63, 3.8) is 0 Å². The van der Waals surface area contributed by atoms with Crippen molar-refractivity contribution < 1.29 is 38.3 Å². The second-order valence-electron chi connectivity index (χ2n) is 15.8. The summed E-state index contributed by atoms with van der Waals surface area (Å²) in [5.41, 5.74) is 0. The number of amides is 6. The summed E-state index contributed by atoms with van der Waals surface area (Å²) in [6, 6.07) is -4.62. The Labute approximate surface area is 311 Å². The number of likely N-dealkylation sites (N-methyl/N-ethyl adjacent to an activating group) is 2. The van der Waals surface area contributed by atoms with Crippen LogP contribution in [0.4, 0.5) is 0 Å². The molecule has 2 heterocycles. The van der Waals surface area contributed by atoms with E-state index in [0.717, 1.165) is 24.2 Å². The highest BCUT2D eigenvalue weighted by atomic mass is 16.5. The summed E-state index contributed by atoms with van der Waals surface area (Å²) in [7, 11) is 3.06. The van der Waals surface area contributed by atoms with E-state index < -0.39 is 77.7 Å². The average molecular weight is 732 g/mol. The quantitative estimate of drug-likeness (QED) is 0.164. The number of carbonyl (C=O) groups excluding carboxylic acids is 7. The van der Waals surface area contributed by atoms with Crippen molar-refractivity contribution in [2.75, 3.05) is 20.6 Å². The van der Waals surface area contributed by atoms with E-state index in [1.54, 1.807) is 33.9 Å². The van der Waals surface area contributed by atoms with Gasteiger partial charge in [-0.3, -0.25) is 38.5 Å². The van der Waals surface area contributed by atoms with Crippen LogP contribution < -0.4 is 5.32 Å². The number of unbranched alkanes of at least 4 members (excludes halogenated alkanes) is 1. The van der Waals surface area contributed by atoms with Crippen molar-refractivity contribution in [3.05, 3.63) is 12.2 Å². The summed E-state index contributed by atoms with van der Waals surface area (Å²) in [6.07, 6.45) is 6.99. The van der Waals surface area contributed by atoms with Crippen molar-refractivity contribution in [2.24, 2.45) is 23.7 Å². The van der Waals surface area contributed by atoms with Gasteiger partial charge in [0.15, 0.2) is 0 Å². The van der Waals surface area contributed by atoms with Gasteiger partial charge >= 0.3 is 5.97 Å². The molecule has 13 nitrogen and oxygen atoms in total. The summed E-state index contributed by atoms with van der Waals surface area (Å²) < 4.78 is 5.43. The van der Waals surface area contributed by atoms with Gasteiger partial charge in [0.25, 0.3) is 11.8 Å². The maximum atomic E-state index is 14.4. The first-order valence-corrected chi connectivity index (χ1v) is 19.1. The van der Waals surface area contributed by atoms with Crippen LogP contribution in [0.25, 0.3) is 0 Å². The summed E-state index contributed by atoms with van der Waals surface area (Å²) in [4.78, 5) is 99.8. The zero-order valence-corrected chi connectivity index (χ0v) is 33.6. The Balaban J connectivity index is 2.38. The third kappa shape index (κ3) is 11.4. The zero-order valence-electron chi connectivity index (χ0n) is 33.6. The fourth-order valence-corrected chi connectivity index (χ4v) is 7.49. The third-order valence-electron chi connectivity index (χ3n) is 10.3. The number of hydrogen-bond donors (Lipinski definition) is 1. The van der Waals surface area contributed by atoms with Gasteiger partial charge in [-0.2, -0.15) is 0 Å². The van der Waals surface area contributed by atoms with Gasteiger partial charge in [0, 0.05) is 39.6 Å². The predicted octanol–water partition coefficient (Wildman–Crippen LogP) is 3.94. The molecule has 2 rings (SSSR count). The number of rotatable bonds is 18. The van der Waals surface area contributed by atoms with Crippen LogP contribution in [0.2, 0.25) is 0 Å². The molecule has 0 aliphatic carbocycles. The van der Waals surface area contributed by atoms with Gasteiger partial charge < -0.3 is 24.8 Å². The molecule has 0 aromatic rings. The minimum absolute atomic E-state index is 0.0289. The Morgan fingerprint density at radius 3 is 2.12 bits per heavy atom. The van der Waals surface area contributed by atoms with Crippen LogP contribution in [0, 0.1) is 23.7 Å². The minimum atomic E-state index is -1.38. The van der Waals surface area contributed by atoms with E-state index in [4.69, 9.17) is 4.74 Å². The average Bonchev–Trinajstić information content (AvgIpc) is 3.69. The Bertz CT molecular complexity index is 1330. The summed E-state index contributed by atoms with van der Waals surface area (Å²) in [5.74, 6) is -3.76. The second-order valence-corrected chi connectivity index (χ2v) is 15.8. The predicted molar refractivity (Wildman–Crippen MR) is 198 cm³/mol. The fourth-order valence-electron chi connectivity index (χ4n) is 7.49. The molecular formula is C39H65N5O8. The van der Waals surface area contributed by atoms with Gasteiger partial charge in [0.2, 0.25) is 23.6 Å². The molecule has 13 heteroatoms. The number of nitrogens with zero attached hydrogens (tertiary/aromatic N) is 4. The molecular weight excluding hydrogens is 666 g/mol. The standard InChI is InChI=1S/C39H65N5O8/c1-13-14-16-25(6)22-26(7)36(48)41(11)31(21-23(2)3)35(47)40-33(28(9)52-29(10)45)38(50)42(12)34(24(4)5)39(51)43-20-15-17-30(43)37(49)44-27(8)18-19-32(44)46/h18-19,23-28,30-31,33-34H,13-17,20-22H2,1-12H3,(H,40,47)/t25-,26-,27-,28?,30-,31-,33-,34-/m0/s1. The van der Waals surface area contributed by atoms with Crippen molar-refractivity contribution in [2.45, 2.75) is 150 Å². The van der Waals surface area contributed by atoms with Gasteiger partial charge in [0.05, 0.1) is 6.04 Å². The molecule has 0 aromatic heterocycles. The molecule has 8 atom stereocenters. The Kier molecular flexibility index (Phi) is 17.0. The first-order chi connectivity index (χ1) is 24.2. The van der Waals surface area contributed by atoms with Crippen LogP contribution in [-0.2, 0) is 38.3 Å². The van der Waals surface area contributed by atoms with Gasteiger partial charge in [-0.15, -0.1) is 0 Å². The highest BCUT2D eigenvalue weighted by Gasteiger charge is 2.46. The lowest BCUT2D eigenvalue weighted by Gasteiger charge is -2.38. The highest BCUT2D eigenvalue weighted by Crippen LogP contribution is 2.27. The lowest BCUT2D eigenvalue weighted by atomic mass is 9.91. The maximum absolute atomic E-state index is 14.4. The first kappa shape index (κ1) is 44.4. The fraction of sp³-hybridized carbons (Fsp3) is 0.769. The zero-order chi connectivity index (χ0) is 39.6. The number of likely N-dealkylation sites (tertiary alicyclic amines) is 1. The van der Waals surface area contributed by atoms with Gasteiger partial charge in [-0.25, -0.2) is 0 Å². The van der Waals surface area contributed by atoms with E-state index in [9.17, 15) is 33.6 Å². The maximum Gasteiger partial charge on any atom is 0.302 e. The molecule has 0 spiro atoms. The van der Waals surface area contributed by atoms with Crippen LogP contribution >= 0.6 is 0 Å². The van der Waals surface area contributed by atoms with Gasteiger partial charge in [-0.1, -0.05) is 73.8 Å². The minimum Gasteiger partial charge on any atom is -0.460 e. The lowest BCUT2D eigenvalue weighted by Crippen LogP contribution is -2.62. The van der Waals surface area contributed by atoms with Gasteiger partial charge in [-0.05, 0) is 57.3 Å². The molecule has 2 aliphatic heterocycles. The molecule has 0 radical (unpaired) electrons. The molecule has 1 fully saturated rings. The number of ether oxygens (including phenoxy) is 1. The molecule has 1 unspecified atom stereocenters. The van der Waals surface area contributed by atoms with Crippen LogP contribution in [-0.4, -0.2) is 118 Å². The third-order valence-corrected chi connectivity index (χ3v) is 10.3. The molecule has 294 valence electrons. The van der Waals surface area contributed by atoms with E-state index in [-0.39, 0.29) is 24.3 Å². The van der Waals surface area contributed by atoms with E-state index in [2.05, 4.69) is 19.2 Å². The lowest BCUT2D eigenvalue weighted by molar-refractivity contribution is -0.157. The summed E-state index contributed by atoms with van der Waals surface area (Å²) >= 11 is 0. The number of esters is 1. The first-order valence-electron chi connectivity index (χ1n) is 19.1. The van der Waals surface area contributed by atoms with E-state index in [0.29, 0.717) is 31.6 Å². The van der Waals surface area contributed by atoms with Crippen molar-refractivity contribution in [1.82, 2.24) is 24.9 Å². The number of hydrogen-bond acceptors (Lipinski definition) is 8. The molecule has 2 aliphatic rings. The summed E-state index contributed by atoms with van der Waals surface area (Å²) in [6.45, 7) is 18.3. The normalized spacial score (nSPS) is 20.7. The second kappa shape index (κ2) is 19.9. The number of carbonyl (C=O) groups is 7. The molecule has 52 heavy (non-hydrogen) atoms. The van der Waals surface area contributed by atoms with Crippen LogP contribution in [0.1, 0.15) is 114 Å². The molecule has 0 bridgehead atoms. The topological polar surface area (TPSA) is 154 Å². The summed E-state index contributed by atoms with van der Waals surface area (Å²) in [5, 5.41) is 2.80. The van der Waals surface area contributed by atoms with E-state index in [1.807, 2.05) is 20.8 Å². The number of nitrogens with one attached hydrogen (secondary N) is 1. The Hall–Kier alpha value is -3.77. The van der Waals surface area contributed by atoms with Crippen LogP contribution in [0.3, 0.4) is 0 Å². The van der Waals surface area contributed by atoms with E-state index in [1.165, 1.54) is 41.7 Å². The number of imide groups is 1.